The third kappa shape index (κ3) is 2.02. The Labute approximate surface area is 129 Å². The maximum Gasteiger partial charge on any atom is 0.0927 e. The van der Waals surface area contributed by atoms with Gasteiger partial charge in [-0.25, -0.2) is 0 Å². The van der Waals surface area contributed by atoms with E-state index < -0.39 is 0 Å². The van der Waals surface area contributed by atoms with Gasteiger partial charge in [-0.05, 0) is 25.1 Å². The van der Waals surface area contributed by atoms with Crippen LogP contribution in [0.3, 0.4) is 0 Å². The molecule has 0 aliphatic heterocycles. The van der Waals surface area contributed by atoms with Gasteiger partial charge in [-0.3, -0.25) is 5.10 Å². The SMILES string of the molecule is Cc1cccc(-c2cc(-c3cn(C)c4ccccc34)[nH]n2)c1. The topological polar surface area (TPSA) is 33.6 Å². The molecule has 108 valence electrons. The van der Waals surface area contributed by atoms with Crippen LogP contribution in [0.5, 0.6) is 0 Å². The number of H-pyrrole nitrogens is 1. The van der Waals surface area contributed by atoms with E-state index in [1.54, 1.807) is 0 Å². The summed E-state index contributed by atoms with van der Waals surface area (Å²) in [5, 5.41) is 8.91. The van der Waals surface area contributed by atoms with E-state index in [0.29, 0.717) is 0 Å². The predicted molar refractivity (Wildman–Crippen MR) is 90.7 cm³/mol. The number of nitrogens with zero attached hydrogens (tertiary/aromatic N) is 2. The van der Waals surface area contributed by atoms with E-state index in [9.17, 15) is 0 Å². The van der Waals surface area contributed by atoms with E-state index in [0.717, 1.165) is 17.0 Å². The minimum atomic E-state index is 0.978. The fraction of sp³-hybridized carbons (Fsp3) is 0.105. The van der Waals surface area contributed by atoms with Gasteiger partial charge in [-0.1, -0.05) is 42.0 Å². The first kappa shape index (κ1) is 12.9. The van der Waals surface area contributed by atoms with Gasteiger partial charge in [0.2, 0.25) is 0 Å². The van der Waals surface area contributed by atoms with E-state index in [1.165, 1.54) is 22.0 Å². The van der Waals surface area contributed by atoms with Crippen molar-refractivity contribution in [2.45, 2.75) is 6.92 Å². The zero-order valence-electron chi connectivity index (χ0n) is 12.7. The molecule has 0 spiro atoms. The number of aryl methyl sites for hydroxylation is 2. The number of nitrogens with one attached hydrogen (secondary N) is 1. The second kappa shape index (κ2) is 4.88. The fourth-order valence-electron chi connectivity index (χ4n) is 2.97. The summed E-state index contributed by atoms with van der Waals surface area (Å²) < 4.78 is 2.15. The van der Waals surface area contributed by atoms with Gasteiger partial charge in [0.25, 0.3) is 0 Å². The number of hydrogen-bond acceptors (Lipinski definition) is 1. The molecule has 0 saturated carbocycles. The van der Waals surface area contributed by atoms with Crippen molar-refractivity contribution in [2.24, 2.45) is 7.05 Å². The average molecular weight is 287 g/mol. The molecule has 0 saturated heterocycles. The van der Waals surface area contributed by atoms with E-state index in [4.69, 9.17) is 0 Å². The molecule has 0 aliphatic rings. The number of aromatic nitrogens is 3. The summed E-state index contributed by atoms with van der Waals surface area (Å²) in [4.78, 5) is 0. The lowest BCUT2D eigenvalue weighted by molar-refractivity contribution is 0.969. The quantitative estimate of drug-likeness (QED) is 0.577. The molecule has 2 aromatic heterocycles. The molecule has 22 heavy (non-hydrogen) atoms. The Morgan fingerprint density at radius 1 is 1.00 bits per heavy atom. The number of rotatable bonds is 2. The molecular formula is C19H17N3. The highest BCUT2D eigenvalue weighted by atomic mass is 15.1. The monoisotopic (exact) mass is 287 g/mol. The van der Waals surface area contributed by atoms with Crippen molar-refractivity contribution in [2.75, 3.05) is 0 Å². The van der Waals surface area contributed by atoms with Gasteiger partial charge in [0, 0.05) is 35.3 Å². The molecule has 3 nitrogen and oxygen atoms in total. The molecule has 2 heterocycles. The summed E-state index contributed by atoms with van der Waals surface area (Å²) in [5.41, 5.74) is 6.82. The first-order valence-corrected chi connectivity index (χ1v) is 7.39. The Balaban J connectivity index is 1.84. The van der Waals surface area contributed by atoms with Crippen molar-refractivity contribution in [3.63, 3.8) is 0 Å². The van der Waals surface area contributed by atoms with Crippen LogP contribution in [0.1, 0.15) is 5.56 Å². The highest BCUT2D eigenvalue weighted by Crippen LogP contribution is 2.31. The van der Waals surface area contributed by atoms with Crippen molar-refractivity contribution in [3.8, 4) is 22.5 Å². The standard InChI is InChI=1S/C19H17N3/c1-13-6-5-7-14(10-13)17-11-18(21-20-17)16-12-22(2)19-9-4-3-8-15(16)19/h3-12H,1-2H3,(H,20,21). The molecule has 4 rings (SSSR count). The van der Waals surface area contributed by atoms with Crippen molar-refractivity contribution in [1.29, 1.82) is 0 Å². The summed E-state index contributed by atoms with van der Waals surface area (Å²) in [6.45, 7) is 2.10. The minimum absolute atomic E-state index is 0.978. The van der Waals surface area contributed by atoms with Crippen LogP contribution in [-0.4, -0.2) is 14.8 Å². The van der Waals surface area contributed by atoms with E-state index in [2.05, 4.69) is 89.5 Å². The van der Waals surface area contributed by atoms with Crippen molar-refractivity contribution < 1.29 is 0 Å². The highest BCUT2D eigenvalue weighted by Gasteiger charge is 2.11. The Morgan fingerprint density at radius 3 is 2.73 bits per heavy atom. The normalized spacial score (nSPS) is 11.2. The summed E-state index contributed by atoms with van der Waals surface area (Å²) >= 11 is 0. The lowest BCUT2D eigenvalue weighted by Gasteiger charge is -1.97. The first-order valence-electron chi connectivity index (χ1n) is 7.39. The first-order chi connectivity index (χ1) is 10.7. The molecule has 0 fully saturated rings. The van der Waals surface area contributed by atoms with Crippen molar-refractivity contribution in [3.05, 3.63) is 66.4 Å². The maximum absolute atomic E-state index is 4.49. The molecule has 1 N–H and O–H groups in total. The van der Waals surface area contributed by atoms with Gasteiger partial charge in [0.1, 0.15) is 0 Å². The van der Waals surface area contributed by atoms with Crippen LogP contribution in [0, 0.1) is 6.92 Å². The second-order valence-electron chi connectivity index (χ2n) is 5.71. The van der Waals surface area contributed by atoms with Gasteiger partial charge in [-0.15, -0.1) is 0 Å². The predicted octanol–water partition coefficient (Wildman–Crippen LogP) is 4.54. The summed E-state index contributed by atoms with van der Waals surface area (Å²) in [6.07, 6.45) is 2.15. The third-order valence-electron chi connectivity index (χ3n) is 4.08. The maximum atomic E-state index is 4.49. The number of hydrogen-bond donors (Lipinski definition) is 1. The van der Waals surface area contributed by atoms with Crippen LogP contribution in [0.2, 0.25) is 0 Å². The van der Waals surface area contributed by atoms with Crippen molar-refractivity contribution >= 4 is 10.9 Å². The molecule has 0 bridgehead atoms. The highest BCUT2D eigenvalue weighted by molar-refractivity contribution is 5.95. The number of benzene rings is 2. The largest absolute Gasteiger partial charge is 0.350 e. The van der Waals surface area contributed by atoms with Crippen LogP contribution in [0.25, 0.3) is 33.4 Å². The fourth-order valence-corrected chi connectivity index (χ4v) is 2.97. The number of aromatic amines is 1. The molecule has 2 aromatic carbocycles. The molecular weight excluding hydrogens is 270 g/mol. The van der Waals surface area contributed by atoms with Crippen LogP contribution in [0.4, 0.5) is 0 Å². The average Bonchev–Trinajstić information content (AvgIpc) is 3.13. The molecule has 0 aliphatic carbocycles. The third-order valence-corrected chi connectivity index (χ3v) is 4.08. The van der Waals surface area contributed by atoms with E-state index in [-0.39, 0.29) is 0 Å². The molecule has 0 radical (unpaired) electrons. The van der Waals surface area contributed by atoms with Crippen LogP contribution in [0.15, 0.2) is 60.8 Å². The Bertz CT molecular complexity index is 960. The molecule has 0 atom stereocenters. The van der Waals surface area contributed by atoms with Gasteiger partial charge in [0.15, 0.2) is 0 Å². The zero-order valence-corrected chi connectivity index (χ0v) is 12.7. The van der Waals surface area contributed by atoms with Crippen LogP contribution >= 0.6 is 0 Å². The van der Waals surface area contributed by atoms with Gasteiger partial charge in [-0.2, -0.15) is 5.10 Å². The Morgan fingerprint density at radius 2 is 1.86 bits per heavy atom. The molecule has 4 aromatic rings. The summed E-state index contributed by atoms with van der Waals surface area (Å²) in [7, 11) is 2.07. The lowest BCUT2D eigenvalue weighted by Crippen LogP contribution is -1.81. The van der Waals surface area contributed by atoms with Gasteiger partial charge in [0.05, 0.1) is 11.4 Å². The van der Waals surface area contributed by atoms with Crippen molar-refractivity contribution in [1.82, 2.24) is 14.8 Å². The summed E-state index contributed by atoms with van der Waals surface area (Å²) in [6, 6.07) is 19.0. The summed E-state index contributed by atoms with van der Waals surface area (Å²) in [5.74, 6) is 0. The molecule has 0 amide bonds. The Hall–Kier alpha value is -2.81. The van der Waals surface area contributed by atoms with Gasteiger partial charge >= 0.3 is 0 Å². The van der Waals surface area contributed by atoms with Crippen LogP contribution in [-0.2, 0) is 7.05 Å². The second-order valence-corrected chi connectivity index (χ2v) is 5.71. The van der Waals surface area contributed by atoms with E-state index in [1.807, 2.05) is 0 Å². The Kier molecular flexibility index (Phi) is 2.86. The van der Waals surface area contributed by atoms with Gasteiger partial charge < -0.3 is 4.57 Å². The lowest BCUT2D eigenvalue weighted by atomic mass is 10.1. The van der Waals surface area contributed by atoms with Crippen LogP contribution < -0.4 is 0 Å². The van der Waals surface area contributed by atoms with E-state index >= 15 is 0 Å². The zero-order chi connectivity index (χ0) is 15.1. The number of fused-ring (bicyclic) bond motifs is 1. The smallest absolute Gasteiger partial charge is 0.0927 e. The minimum Gasteiger partial charge on any atom is -0.350 e. The molecule has 3 heteroatoms. The molecule has 0 unspecified atom stereocenters. The number of para-hydroxylation sites is 1.